The first-order valence-corrected chi connectivity index (χ1v) is 10.6. The van der Waals surface area contributed by atoms with Gasteiger partial charge in [0.2, 0.25) is 5.91 Å². The Bertz CT molecular complexity index is 567. The van der Waals surface area contributed by atoms with E-state index in [1.165, 1.54) is 17.1 Å². The van der Waals surface area contributed by atoms with Gasteiger partial charge < -0.3 is 19.7 Å². The van der Waals surface area contributed by atoms with Crippen LogP contribution in [-0.4, -0.2) is 102 Å². The zero-order valence-electron chi connectivity index (χ0n) is 15.3. The molecule has 0 aliphatic carbocycles. The molecule has 2 N–H and O–H groups in total. The van der Waals surface area contributed by atoms with Crippen LogP contribution in [0.15, 0.2) is 12.2 Å². The largest absolute Gasteiger partial charge is 0.396 e. The molecular weight excluding hydrogens is 361 g/mol. The van der Waals surface area contributed by atoms with Crippen molar-refractivity contribution in [2.24, 2.45) is 0 Å². The quantitative estimate of drug-likeness (QED) is 0.336. The molecule has 26 heavy (non-hydrogen) atoms. The molecule has 0 spiro atoms. The summed E-state index contributed by atoms with van der Waals surface area (Å²) in [7, 11) is 0.447. The first kappa shape index (κ1) is 22.5. The van der Waals surface area contributed by atoms with Gasteiger partial charge in [0.05, 0.1) is 13.2 Å². The lowest BCUT2D eigenvalue weighted by molar-refractivity contribution is -0.138. The molecule has 148 valence electrons. The van der Waals surface area contributed by atoms with Gasteiger partial charge in [-0.25, -0.2) is 0 Å². The van der Waals surface area contributed by atoms with Crippen LogP contribution < -0.4 is 0 Å². The Hall–Kier alpha value is -1.54. The van der Waals surface area contributed by atoms with Crippen LogP contribution in [-0.2, 0) is 18.9 Å². The van der Waals surface area contributed by atoms with Gasteiger partial charge in [-0.05, 0) is 13.5 Å². The Labute approximate surface area is 153 Å². The Morgan fingerprint density at radius 2 is 1.62 bits per heavy atom. The molecule has 1 aliphatic rings. The molecule has 3 amide bonds. The van der Waals surface area contributed by atoms with Crippen molar-refractivity contribution in [3.8, 4) is 0 Å². The molecule has 0 saturated carbocycles. The van der Waals surface area contributed by atoms with Gasteiger partial charge in [0.25, 0.3) is 11.8 Å². The van der Waals surface area contributed by atoms with E-state index in [-0.39, 0.29) is 56.2 Å². The van der Waals surface area contributed by atoms with Gasteiger partial charge in [-0.15, -0.1) is 0 Å². The molecule has 0 saturated heterocycles. The summed E-state index contributed by atoms with van der Waals surface area (Å²) < 4.78 is 14.3. The van der Waals surface area contributed by atoms with Crippen LogP contribution in [0.3, 0.4) is 0 Å². The van der Waals surface area contributed by atoms with Crippen LogP contribution in [0, 0.1) is 0 Å². The average molecular weight is 389 g/mol. The van der Waals surface area contributed by atoms with E-state index < -0.39 is 7.29 Å². The van der Waals surface area contributed by atoms with Crippen LogP contribution in [0.25, 0.3) is 0 Å². The molecule has 0 fully saturated rings. The number of hydrogen-bond donors (Lipinski definition) is 2. The SMILES string of the molecule is CN(CCN(C)P(=O)(CCO)CCO)C(=O)CCCN1C(=O)C=CC1=O. The summed E-state index contributed by atoms with van der Waals surface area (Å²) in [5.74, 6) is -0.855. The Morgan fingerprint density at radius 3 is 2.12 bits per heavy atom. The molecule has 0 atom stereocenters. The average Bonchev–Trinajstić information content (AvgIpc) is 2.91. The maximum Gasteiger partial charge on any atom is 0.253 e. The fraction of sp³-hybridized carbons (Fsp3) is 0.688. The van der Waals surface area contributed by atoms with Gasteiger partial charge in [0, 0.05) is 57.6 Å². The van der Waals surface area contributed by atoms with Crippen molar-refractivity contribution in [1.82, 2.24) is 14.5 Å². The lowest BCUT2D eigenvalue weighted by Crippen LogP contribution is -2.36. The van der Waals surface area contributed by atoms with E-state index in [0.717, 1.165) is 4.90 Å². The Balaban J connectivity index is 2.38. The minimum Gasteiger partial charge on any atom is -0.396 e. The summed E-state index contributed by atoms with van der Waals surface area (Å²) >= 11 is 0. The molecule has 0 aromatic heterocycles. The Morgan fingerprint density at radius 1 is 1.08 bits per heavy atom. The first-order chi connectivity index (χ1) is 12.2. The highest BCUT2D eigenvalue weighted by molar-refractivity contribution is 7.61. The number of likely N-dealkylation sites (N-methyl/N-ethyl adjacent to an activating group) is 2. The van der Waals surface area contributed by atoms with Crippen molar-refractivity contribution in [2.75, 3.05) is 59.3 Å². The Kier molecular flexibility index (Phi) is 9.15. The van der Waals surface area contributed by atoms with E-state index in [1.54, 1.807) is 18.8 Å². The summed E-state index contributed by atoms with van der Waals surface area (Å²) in [6.07, 6.45) is 3.21. The van der Waals surface area contributed by atoms with Crippen molar-refractivity contribution in [1.29, 1.82) is 0 Å². The summed E-state index contributed by atoms with van der Waals surface area (Å²) in [5, 5.41) is 18.1. The molecule has 1 aliphatic heterocycles. The van der Waals surface area contributed by atoms with Crippen LogP contribution in [0.4, 0.5) is 0 Å². The number of imide groups is 1. The maximum absolute atomic E-state index is 12.7. The van der Waals surface area contributed by atoms with E-state index in [0.29, 0.717) is 19.5 Å². The number of amides is 3. The van der Waals surface area contributed by atoms with E-state index in [2.05, 4.69) is 0 Å². The smallest absolute Gasteiger partial charge is 0.253 e. The second kappa shape index (κ2) is 10.6. The van der Waals surface area contributed by atoms with E-state index in [1.807, 2.05) is 0 Å². The summed E-state index contributed by atoms with van der Waals surface area (Å²) in [4.78, 5) is 37.6. The third-order valence-electron chi connectivity index (χ3n) is 4.38. The lowest BCUT2D eigenvalue weighted by atomic mass is 10.2. The molecule has 1 heterocycles. The molecule has 1 rings (SSSR count). The summed E-state index contributed by atoms with van der Waals surface area (Å²) in [6.45, 7) is 0.455. The topological polar surface area (TPSA) is 118 Å². The maximum atomic E-state index is 12.7. The molecule has 0 aromatic rings. The van der Waals surface area contributed by atoms with Crippen molar-refractivity contribution < 1.29 is 29.2 Å². The van der Waals surface area contributed by atoms with E-state index >= 15 is 0 Å². The van der Waals surface area contributed by atoms with Crippen molar-refractivity contribution in [3.05, 3.63) is 12.2 Å². The molecule has 0 unspecified atom stereocenters. The van der Waals surface area contributed by atoms with Gasteiger partial charge in [-0.1, -0.05) is 0 Å². The number of aliphatic hydroxyl groups is 2. The zero-order valence-corrected chi connectivity index (χ0v) is 16.2. The third-order valence-corrected chi connectivity index (χ3v) is 7.62. The van der Waals surface area contributed by atoms with E-state index in [9.17, 15) is 18.9 Å². The van der Waals surface area contributed by atoms with Gasteiger partial charge in [-0.3, -0.25) is 24.0 Å². The fourth-order valence-corrected chi connectivity index (χ4v) is 4.58. The minimum atomic E-state index is -2.84. The highest BCUT2D eigenvalue weighted by Crippen LogP contribution is 2.47. The fourth-order valence-electron chi connectivity index (χ4n) is 2.60. The van der Waals surface area contributed by atoms with Gasteiger partial charge in [-0.2, -0.15) is 0 Å². The molecule has 0 bridgehead atoms. The number of nitrogens with zero attached hydrogens (tertiary/aromatic N) is 3. The third kappa shape index (κ3) is 6.32. The predicted octanol–water partition coefficient (Wildman–Crippen LogP) is -0.655. The first-order valence-electron chi connectivity index (χ1n) is 8.54. The van der Waals surface area contributed by atoms with Gasteiger partial charge >= 0.3 is 0 Å². The number of carbonyl (C=O) groups excluding carboxylic acids is 3. The summed E-state index contributed by atoms with van der Waals surface area (Å²) in [6, 6.07) is 0. The normalized spacial score (nSPS) is 14.6. The number of hydrogen-bond acceptors (Lipinski definition) is 6. The standard InChI is InChI=1S/C16H28N3O6P/c1-17(8-9-18(2)26(25,12-10-20)13-11-21)14(22)4-3-7-19-15(23)5-6-16(19)24/h5-6,20-21H,3-4,7-13H2,1-2H3. The number of aliphatic hydroxyl groups excluding tert-OH is 2. The van der Waals surface area contributed by atoms with Crippen LogP contribution in [0.5, 0.6) is 0 Å². The number of carbonyl (C=O) groups is 3. The van der Waals surface area contributed by atoms with Crippen LogP contribution in [0.2, 0.25) is 0 Å². The zero-order chi connectivity index (χ0) is 19.7. The molecule has 0 aromatic carbocycles. The predicted molar refractivity (Wildman–Crippen MR) is 96.9 cm³/mol. The van der Waals surface area contributed by atoms with Crippen molar-refractivity contribution in [3.63, 3.8) is 0 Å². The molecular formula is C16H28N3O6P. The molecule has 9 nitrogen and oxygen atoms in total. The minimum absolute atomic E-state index is 0.105. The summed E-state index contributed by atoms with van der Waals surface area (Å²) in [5.41, 5.74) is 0. The van der Waals surface area contributed by atoms with Crippen LogP contribution in [0.1, 0.15) is 12.8 Å². The van der Waals surface area contributed by atoms with E-state index in [4.69, 9.17) is 10.2 Å². The molecule has 0 radical (unpaired) electrons. The van der Waals surface area contributed by atoms with Crippen molar-refractivity contribution in [2.45, 2.75) is 12.8 Å². The molecule has 10 heteroatoms. The highest BCUT2D eigenvalue weighted by atomic mass is 31.2. The van der Waals surface area contributed by atoms with Crippen LogP contribution >= 0.6 is 7.29 Å². The van der Waals surface area contributed by atoms with Gasteiger partial charge in [0.15, 0.2) is 7.29 Å². The van der Waals surface area contributed by atoms with Gasteiger partial charge in [0.1, 0.15) is 0 Å². The van der Waals surface area contributed by atoms with Crippen molar-refractivity contribution >= 4 is 25.0 Å². The second-order valence-electron chi connectivity index (χ2n) is 6.20. The second-order valence-corrected chi connectivity index (χ2v) is 9.47. The lowest BCUT2D eigenvalue weighted by Gasteiger charge is -2.29. The highest BCUT2D eigenvalue weighted by Gasteiger charge is 2.27. The number of rotatable bonds is 12. The monoisotopic (exact) mass is 389 g/mol.